The van der Waals surface area contributed by atoms with Crippen LogP contribution in [0.5, 0.6) is 0 Å². The van der Waals surface area contributed by atoms with Gasteiger partial charge in [-0.25, -0.2) is 0 Å². The van der Waals surface area contributed by atoms with Gasteiger partial charge in [0.1, 0.15) is 0 Å². The number of hydrogen-bond donors (Lipinski definition) is 1. The minimum Gasteiger partial charge on any atom is -0.481 e. The summed E-state index contributed by atoms with van der Waals surface area (Å²) < 4.78 is 0. The van der Waals surface area contributed by atoms with Crippen LogP contribution in [0.25, 0.3) is 0 Å². The Labute approximate surface area is 105 Å². The Morgan fingerprint density at radius 2 is 1.88 bits per heavy atom. The summed E-state index contributed by atoms with van der Waals surface area (Å²) >= 11 is 0. The number of rotatable bonds is 7. The molecule has 1 heterocycles. The highest BCUT2D eigenvalue weighted by Crippen LogP contribution is 2.32. The molecular weight excluding hydrogens is 214 g/mol. The molecule has 1 aliphatic heterocycles. The van der Waals surface area contributed by atoms with Crippen LogP contribution >= 0.6 is 0 Å². The van der Waals surface area contributed by atoms with Gasteiger partial charge >= 0.3 is 5.97 Å². The molecule has 3 heteroatoms. The average molecular weight is 241 g/mol. The first-order valence-electron chi connectivity index (χ1n) is 7.11. The van der Waals surface area contributed by atoms with Crippen molar-refractivity contribution in [1.29, 1.82) is 0 Å². The lowest BCUT2D eigenvalue weighted by atomic mass is 9.83. The van der Waals surface area contributed by atoms with Gasteiger partial charge in [0.05, 0.1) is 6.42 Å². The number of hydrogen-bond acceptors (Lipinski definition) is 2. The first kappa shape index (κ1) is 14.5. The number of piperidine rings is 1. The van der Waals surface area contributed by atoms with Crippen LogP contribution in [-0.2, 0) is 4.79 Å². The number of carbonyl (C=O) groups is 1. The smallest absolute Gasteiger partial charge is 0.305 e. The first-order valence-corrected chi connectivity index (χ1v) is 7.11. The fourth-order valence-corrected chi connectivity index (χ4v) is 3.04. The predicted molar refractivity (Wildman–Crippen MR) is 70.2 cm³/mol. The van der Waals surface area contributed by atoms with Gasteiger partial charge in [-0.15, -0.1) is 0 Å². The summed E-state index contributed by atoms with van der Waals surface area (Å²) in [4.78, 5) is 13.6. The molecule has 1 aliphatic rings. The van der Waals surface area contributed by atoms with E-state index in [1.165, 1.54) is 19.3 Å². The van der Waals surface area contributed by atoms with Crippen molar-refractivity contribution >= 4 is 5.97 Å². The Morgan fingerprint density at radius 1 is 1.24 bits per heavy atom. The monoisotopic (exact) mass is 241 g/mol. The van der Waals surface area contributed by atoms with Gasteiger partial charge < -0.3 is 5.11 Å². The lowest BCUT2D eigenvalue weighted by Crippen LogP contribution is -2.51. The summed E-state index contributed by atoms with van der Waals surface area (Å²) in [5.41, 5.74) is -0.0811. The topological polar surface area (TPSA) is 40.5 Å². The van der Waals surface area contributed by atoms with Crippen LogP contribution in [0.1, 0.15) is 65.2 Å². The maximum atomic E-state index is 11.2. The Bertz CT molecular complexity index is 236. The summed E-state index contributed by atoms with van der Waals surface area (Å²) in [7, 11) is 0. The second-order valence-electron chi connectivity index (χ2n) is 5.30. The number of likely N-dealkylation sites (tertiary alicyclic amines) is 1. The van der Waals surface area contributed by atoms with Crippen molar-refractivity contribution in [3.05, 3.63) is 0 Å². The van der Waals surface area contributed by atoms with Gasteiger partial charge in [-0.3, -0.25) is 9.69 Å². The van der Waals surface area contributed by atoms with Crippen molar-refractivity contribution < 1.29 is 9.90 Å². The number of aliphatic carboxylic acids is 1. The van der Waals surface area contributed by atoms with Gasteiger partial charge in [0.15, 0.2) is 0 Å². The van der Waals surface area contributed by atoms with Crippen molar-refractivity contribution in [2.75, 3.05) is 13.1 Å². The SMILES string of the molecule is CCCCC(CC)(CC(=O)O)N1CCCCC1. The van der Waals surface area contributed by atoms with Gasteiger partial charge in [0, 0.05) is 5.54 Å². The van der Waals surface area contributed by atoms with Crippen molar-refractivity contribution in [3.63, 3.8) is 0 Å². The molecule has 3 nitrogen and oxygen atoms in total. The molecule has 0 aromatic heterocycles. The fraction of sp³-hybridized carbons (Fsp3) is 0.929. The van der Waals surface area contributed by atoms with Crippen LogP contribution < -0.4 is 0 Å². The molecule has 0 aromatic rings. The molecule has 0 bridgehead atoms. The number of carboxylic acid groups (broad SMARTS) is 1. The van der Waals surface area contributed by atoms with Crippen LogP contribution in [0.3, 0.4) is 0 Å². The molecule has 1 N–H and O–H groups in total. The molecular formula is C14H27NO2. The van der Waals surface area contributed by atoms with Gasteiger partial charge in [-0.1, -0.05) is 33.1 Å². The molecule has 0 radical (unpaired) electrons. The second kappa shape index (κ2) is 7.00. The van der Waals surface area contributed by atoms with E-state index in [1.54, 1.807) is 0 Å². The van der Waals surface area contributed by atoms with Crippen molar-refractivity contribution in [3.8, 4) is 0 Å². The van der Waals surface area contributed by atoms with Crippen LogP contribution in [0.4, 0.5) is 0 Å². The van der Waals surface area contributed by atoms with E-state index in [0.717, 1.165) is 38.8 Å². The van der Waals surface area contributed by atoms with Gasteiger partial charge in [-0.05, 0) is 38.8 Å². The third kappa shape index (κ3) is 3.98. The minimum atomic E-state index is -0.645. The second-order valence-corrected chi connectivity index (χ2v) is 5.30. The van der Waals surface area contributed by atoms with E-state index in [2.05, 4.69) is 18.7 Å². The van der Waals surface area contributed by atoms with Gasteiger partial charge in [-0.2, -0.15) is 0 Å². The largest absolute Gasteiger partial charge is 0.481 e. The summed E-state index contributed by atoms with van der Waals surface area (Å²) in [6.45, 7) is 6.50. The Hall–Kier alpha value is -0.570. The Kier molecular flexibility index (Phi) is 5.96. The van der Waals surface area contributed by atoms with Crippen molar-refractivity contribution in [2.45, 2.75) is 70.8 Å². The lowest BCUT2D eigenvalue weighted by molar-refractivity contribution is -0.141. The Morgan fingerprint density at radius 3 is 2.35 bits per heavy atom. The minimum absolute atomic E-state index is 0.0811. The van der Waals surface area contributed by atoms with E-state index in [0.29, 0.717) is 6.42 Å². The van der Waals surface area contributed by atoms with Crippen LogP contribution in [0, 0.1) is 0 Å². The van der Waals surface area contributed by atoms with E-state index in [1.807, 2.05) is 0 Å². The average Bonchev–Trinajstić information content (AvgIpc) is 2.35. The number of carboxylic acids is 1. The predicted octanol–water partition coefficient (Wildman–Crippen LogP) is 3.29. The standard InChI is InChI=1S/C14H27NO2/c1-3-5-9-14(4-2,12-13(16)17)15-10-7-6-8-11-15/h3-12H2,1-2H3,(H,16,17). The maximum Gasteiger partial charge on any atom is 0.305 e. The third-order valence-electron chi connectivity index (χ3n) is 4.16. The maximum absolute atomic E-state index is 11.2. The number of nitrogens with zero attached hydrogens (tertiary/aromatic N) is 1. The van der Waals surface area contributed by atoms with Crippen molar-refractivity contribution in [1.82, 2.24) is 4.90 Å². The first-order chi connectivity index (χ1) is 8.14. The molecule has 100 valence electrons. The fourth-order valence-electron chi connectivity index (χ4n) is 3.04. The molecule has 1 fully saturated rings. The molecule has 0 saturated carbocycles. The number of unbranched alkanes of at least 4 members (excludes halogenated alkanes) is 1. The molecule has 17 heavy (non-hydrogen) atoms. The van der Waals surface area contributed by atoms with Gasteiger partial charge in [0.25, 0.3) is 0 Å². The normalized spacial score (nSPS) is 21.1. The molecule has 1 unspecified atom stereocenters. The summed E-state index contributed by atoms with van der Waals surface area (Å²) in [5, 5.41) is 9.18. The molecule has 0 aromatic carbocycles. The highest BCUT2D eigenvalue weighted by atomic mass is 16.4. The van der Waals surface area contributed by atoms with E-state index >= 15 is 0 Å². The van der Waals surface area contributed by atoms with E-state index in [-0.39, 0.29) is 5.54 Å². The van der Waals surface area contributed by atoms with Crippen LogP contribution in [0.2, 0.25) is 0 Å². The zero-order valence-electron chi connectivity index (χ0n) is 11.4. The summed E-state index contributed by atoms with van der Waals surface area (Å²) in [6, 6.07) is 0. The van der Waals surface area contributed by atoms with E-state index in [4.69, 9.17) is 0 Å². The van der Waals surface area contributed by atoms with E-state index < -0.39 is 5.97 Å². The third-order valence-corrected chi connectivity index (χ3v) is 4.16. The zero-order chi connectivity index (χ0) is 12.7. The van der Waals surface area contributed by atoms with Crippen LogP contribution in [-0.4, -0.2) is 34.6 Å². The van der Waals surface area contributed by atoms with E-state index in [9.17, 15) is 9.90 Å². The van der Waals surface area contributed by atoms with Crippen molar-refractivity contribution in [2.24, 2.45) is 0 Å². The highest BCUT2D eigenvalue weighted by Gasteiger charge is 2.37. The highest BCUT2D eigenvalue weighted by molar-refractivity contribution is 5.68. The molecule has 0 aliphatic carbocycles. The molecule has 0 spiro atoms. The van der Waals surface area contributed by atoms with Crippen LogP contribution in [0.15, 0.2) is 0 Å². The molecule has 1 rings (SSSR count). The lowest BCUT2D eigenvalue weighted by Gasteiger charge is -2.45. The Balaban J connectivity index is 2.75. The molecule has 1 atom stereocenters. The quantitative estimate of drug-likeness (QED) is 0.743. The van der Waals surface area contributed by atoms with Gasteiger partial charge in [0.2, 0.25) is 0 Å². The zero-order valence-corrected chi connectivity index (χ0v) is 11.4. The summed E-state index contributed by atoms with van der Waals surface area (Å²) in [5.74, 6) is -0.645. The molecule has 0 amide bonds. The molecule has 1 saturated heterocycles. The summed E-state index contributed by atoms with van der Waals surface area (Å²) in [6.07, 6.45) is 8.35.